The monoisotopic (exact) mass is 361 g/mol. The molecule has 0 bridgehead atoms. The van der Waals surface area contributed by atoms with E-state index >= 15 is 0 Å². The van der Waals surface area contributed by atoms with Gasteiger partial charge in [-0.05, 0) is 44.7 Å². The zero-order valence-electron chi connectivity index (χ0n) is 15.9. The molecule has 1 aromatic rings. The first-order chi connectivity index (χ1) is 12.7. The molecular formula is C19H31N5O2. The minimum Gasteiger partial charge on any atom is -0.466 e. The number of nitrogens with zero attached hydrogens (tertiary/aromatic N) is 3. The van der Waals surface area contributed by atoms with Crippen LogP contribution in [0.15, 0.2) is 29.4 Å². The minimum absolute atomic E-state index is 0.0511. The predicted molar refractivity (Wildman–Crippen MR) is 104 cm³/mol. The first kappa shape index (κ1) is 20.0. The molecule has 0 aromatic carbocycles. The van der Waals surface area contributed by atoms with Crippen molar-refractivity contribution in [1.82, 2.24) is 15.2 Å². The Labute approximate surface area is 156 Å². The van der Waals surface area contributed by atoms with Crippen LogP contribution in [-0.4, -0.2) is 61.6 Å². The fourth-order valence-corrected chi connectivity index (χ4v) is 3.09. The molecule has 1 aliphatic rings. The standard InChI is InChI=1S/C19H31N5O2/c1-3-26-18(25)16-9-8-14-24(15-16)19(20-2)23-13-7-6-12-22-17-10-4-5-11-21-17/h4-5,10-11,16H,3,6-9,12-15H2,1-2H3,(H,20,23)(H,21,22). The number of esters is 1. The summed E-state index contributed by atoms with van der Waals surface area (Å²) in [6, 6.07) is 5.85. The molecule has 144 valence electrons. The second-order valence-corrected chi connectivity index (χ2v) is 6.36. The molecule has 0 radical (unpaired) electrons. The molecule has 2 heterocycles. The van der Waals surface area contributed by atoms with Gasteiger partial charge in [0.05, 0.1) is 12.5 Å². The average Bonchev–Trinajstić information content (AvgIpc) is 2.68. The summed E-state index contributed by atoms with van der Waals surface area (Å²) >= 11 is 0. The molecule has 0 spiro atoms. The molecular weight excluding hydrogens is 330 g/mol. The van der Waals surface area contributed by atoms with Gasteiger partial charge in [0.2, 0.25) is 0 Å². The number of carbonyl (C=O) groups excluding carboxylic acids is 1. The lowest BCUT2D eigenvalue weighted by Gasteiger charge is -2.34. The summed E-state index contributed by atoms with van der Waals surface area (Å²) in [5, 5.41) is 6.72. The predicted octanol–water partition coefficient (Wildman–Crippen LogP) is 2.12. The van der Waals surface area contributed by atoms with Gasteiger partial charge in [0.25, 0.3) is 0 Å². The van der Waals surface area contributed by atoms with Gasteiger partial charge in [-0.1, -0.05) is 6.07 Å². The van der Waals surface area contributed by atoms with Crippen LogP contribution in [0.2, 0.25) is 0 Å². The lowest BCUT2D eigenvalue weighted by molar-refractivity contribution is -0.149. The van der Waals surface area contributed by atoms with Crippen molar-refractivity contribution in [3.63, 3.8) is 0 Å². The highest BCUT2D eigenvalue weighted by Gasteiger charge is 2.28. The van der Waals surface area contributed by atoms with Gasteiger partial charge in [0.15, 0.2) is 5.96 Å². The van der Waals surface area contributed by atoms with E-state index in [-0.39, 0.29) is 11.9 Å². The van der Waals surface area contributed by atoms with Crippen molar-refractivity contribution < 1.29 is 9.53 Å². The fourth-order valence-electron chi connectivity index (χ4n) is 3.09. The molecule has 0 saturated carbocycles. The van der Waals surface area contributed by atoms with Crippen LogP contribution in [0.1, 0.15) is 32.6 Å². The van der Waals surface area contributed by atoms with E-state index in [1.807, 2.05) is 25.1 Å². The molecule has 1 aliphatic heterocycles. The number of hydrogen-bond donors (Lipinski definition) is 2. The number of anilines is 1. The number of carbonyl (C=O) groups is 1. The van der Waals surface area contributed by atoms with Crippen molar-refractivity contribution in [1.29, 1.82) is 0 Å². The number of nitrogens with one attached hydrogen (secondary N) is 2. The molecule has 7 nitrogen and oxygen atoms in total. The molecule has 1 saturated heterocycles. The van der Waals surface area contributed by atoms with Crippen LogP contribution in [0, 0.1) is 5.92 Å². The third-order valence-electron chi connectivity index (χ3n) is 4.41. The number of likely N-dealkylation sites (tertiary alicyclic amines) is 1. The smallest absolute Gasteiger partial charge is 0.310 e. The Kier molecular flexibility index (Phi) is 8.72. The average molecular weight is 361 g/mol. The maximum atomic E-state index is 12.0. The summed E-state index contributed by atoms with van der Waals surface area (Å²) in [7, 11) is 1.79. The summed E-state index contributed by atoms with van der Waals surface area (Å²) in [4.78, 5) is 22.8. The van der Waals surface area contributed by atoms with Crippen molar-refractivity contribution >= 4 is 17.7 Å². The maximum absolute atomic E-state index is 12.0. The van der Waals surface area contributed by atoms with Gasteiger partial charge < -0.3 is 20.3 Å². The summed E-state index contributed by atoms with van der Waals surface area (Å²) in [6.07, 6.45) is 5.75. The fraction of sp³-hybridized carbons (Fsp3) is 0.632. The van der Waals surface area contributed by atoms with Crippen molar-refractivity contribution in [2.24, 2.45) is 10.9 Å². The van der Waals surface area contributed by atoms with E-state index in [1.54, 1.807) is 13.2 Å². The number of piperidine rings is 1. The zero-order chi connectivity index (χ0) is 18.6. The first-order valence-corrected chi connectivity index (χ1v) is 9.51. The van der Waals surface area contributed by atoms with E-state index < -0.39 is 0 Å². The van der Waals surface area contributed by atoms with Gasteiger partial charge in [-0.2, -0.15) is 0 Å². The topological polar surface area (TPSA) is 78.8 Å². The second-order valence-electron chi connectivity index (χ2n) is 6.36. The van der Waals surface area contributed by atoms with Gasteiger partial charge >= 0.3 is 5.97 Å². The van der Waals surface area contributed by atoms with Crippen LogP contribution in [0.25, 0.3) is 0 Å². The number of aliphatic imine (C=N–C) groups is 1. The van der Waals surface area contributed by atoms with Gasteiger partial charge in [0.1, 0.15) is 5.82 Å². The normalized spacial score (nSPS) is 17.7. The summed E-state index contributed by atoms with van der Waals surface area (Å²) in [5.41, 5.74) is 0. The van der Waals surface area contributed by atoms with E-state index in [9.17, 15) is 4.79 Å². The van der Waals surface area contributed by atoms with E-state index in [0.717, 1.165) is 57.1 Å². The lowest BCUT2D eigenvalue weighted by Crippen LogP contribution is -2.48. The Hall–Kier alpha value is -2.31. The van der Waals surface area contributed by atoms with Crippen LogP contribution < -0.4 is 10.6 Å². The zero-order valence-corrected chi connectivity index (χ0v) is 15.9. The molecule has 1 atom stereocenters. The van der Waals surface area contributed by atoms with Crippen LogP contribution in [0.4, 0.5) is 5.82 Å². The molecule has 2 rings (SSSR count). The summed E-state index contributed by atoms with van der Waals surface area (Å²) < 4.78 is 5.17. The summed E-state index contributed by atoms with van der Waals surface area (Å²) in [5.74, 6) is 1.64. The molecule has 1 unspecified atom stereocenters. The van der Waals surface area contributed by atoms with Gasteiger partial charge in [-0.25, -0.2) is 4.98 Å². The highest BCUT2D eigenvalue weighted by molar-refractivity contribution is 5.81. The Morgan fingerprint density at radius 1 is 1.38 bits per heavy atom. The Balaban J connectivity index is 1.66. The second kappa shape index (κ2) is 11.3. The first-order valence-electron chi connectivity index (χ1n) is 9.51. The Bertz CT molecular complexity index is 564. The van der Waals surface area contributed by atoms with Crippen LogP contribution in [0.5, 0.6) is 0 Å². The van der Waals surface area contributed by atoms with E-state index in [0.29, 0.717) is 13.2 Å². The SMILES string of the molecule is CCOC(=O)C1CCCN(C(=NC)NCCCCNc2ccccn2)C1. The van der Waals surface area contributed by atoms with Crippen LogP contribution >= 0.6 is 0 Å². The van der Waals surface area contributed by atoms with Gasteiger partial charge in [0, 0.05) is 39.4 Å². The number of hydrogen-bond acceptors (Lipinski definition) is 5. The van der Waals surface area contributed by atoms with E-state index in [2.05, 4.69) is 25.5 Å². The number of pyridine rings is 1. The van der Waals surface area contributed by atoms with Crippen molar-refractivity contribution in [3.05, 3.63) is 24.4 Å². The number of guanidine groups is 1. The highest BCUT2D eigenvalue weighted by atomic mass is 16.5. The Morgan fingerprint density at radius 3 is 2.96 bits per heavy atom. The number of rotatable bonds is 8. The largest absolute Gasteiger partial charge is 0.466 e. The minimum atomic E-state index is -0.0896. The number of aromatic nitrogens is 1. The molecule has 26 heavy (non-hydrogen) atoms. The molecule has 0 aliphatic carbocycles. The van der Waals surface area contributed by atoms with Gasteiger partial charge in [-0.3, -0.25) is 9.79 Å². The van der Waals surface area contributed by atoms with Gasteiger partial charge in [-0.15, -0.1) is 0 Å². The molecule has 2 N–H and O–H groups in total. The molecule has 1 aromatic heterocycles. The van der Waals surface area contributed by atoms with Crippen molar-refractivity contribution in [2.75, 3.05) is 45.2 Å². The maximum Gasteiger partial charge on any atom is 0.310 e. The third kappa shape index (κ3) is 6.54. The molecule has 7 heteroatoms. The Morgan fingerprint density at radius 2 is 2.23 bits per heavy atom. The quantitative estimate of drug-likeness (QED) is 0.320. The number of ether oxygens (including phenoxy) is 1. The van der Waals surface area contributed by atoms with Crippen molar-refractivity contribution in [2.45, 2.75) is 32.6 Å². The lowest BCUT2D eigenvalue weighted by atomic mass is 9.98. The highest BCUT2D eigenvalue weighted by Crippen LogP contribution is 2.18. The van der Waals surface area contributed by atoms with Crippen molar-refractivity contribution in [3.8, 4) is 0 Å². The third-order valence-corrected chi connectivity index (χ3v) is 4.41. The van der Waals surface area contributed by atoms with E-state index in [4.69, 9.17) is 4.74 Å². The summed E-state index contributed by atoms with van der Waals surface area (Å²) in [6.45, 7) is 5.65. The number of unbranched alkanes of at least 4 members (excludes halogenated alkanes) is 1. The van der Waals surface area contributed by atoms with Crippen LogP contribution in [0.3, 0.4) is 0 Å². The van der Waals surface area contributed by atoms with E-state index in [1.165, 1.54) is 0 Å². The van der Waals surface area contributed by atoms with Crippen LogP contribution in [-0.2, 0) is 9.53 Å². The molecule has 0 amide bonds. The molecule has 1 fully saturated rings.